The summed E-state index contributed by atoms with van der Waals surface area (Å²) < 4.78 is 38.3. The molecular formula is C18H19F3N2O. The van der Waals surface area contributed by atoms with Crippen LogP contribution in [0.5, 0.6) is 0 Å². The summed E-state index contributed by atoms with van der Waals surface area (Å²) in [6.45, 7) is 3.54. The molecule has 1 amide bonds. The van der Waals surface area contributed by atoms with Crippen LogP contribution in [0.2, 0.25) is 0 Å². The Bertz CT molecular complexity index is 711. The Kier molecular flexibility index (Phi) is 5.29. The highest BCUT2D eigenvalue weighted by molar-refractivity contribution is 5.83. The van der Waals surface area contributed by atoms with Gasteiger partial charge in [0, 0.05) is 0 Å². The highest BCUT2D eigenvalue weighted by Gasteiger charge is 2.31. The van der Waals surface area contributed by atoms with Crippen molar-refractivity contribution in [2.45, 2.75) is 32.1 Å². The Balaban J connectivity index is 2.10. The molecular weight excluding hydrogens is 317 g/mol. The summed E-state index contributed by atoms with van der Waals surface area (Å²) in [5, 5.41) is 2.66. The van der Waals surface area contributed by atoms with Gasteiger partial charge in [-0.15, -0.1) is 0 Å². The molecule has 128 valence electrons. The predicted octanol–water partition coefficient (Wildman–Crippen LogP) is 3.89. The second-order valence-electron chi connectivity index (χ2n) is 5.74. The molecule has 0 bridgehead atoms. The standard InChI is InChI=1S/C18H19F3N2O/c1-11-6-8-13(9-7-11)16(22)17(24)23-12(2)14-4-3-5-15(10-14)18(19,20)21/h3-10,12,16H,22H2,1-2H3,(H,23,24). The van der Waals surface area contributed by atoms with Crippen LogP contribution in [0, 0.1) is 6.92 Å². The van der Waals surface area contributed by atoms with Crippen molar-refractivity contribution in [3.05, 3.63) is 70.8 Å². The normalized spacial score (nSPS) is 14.1. The minimum absolute atomic E-state index is 0.370. The molecule has 6 heteroatoms. The summed E-state index contributed by atoms with van der Waals surface area (Å²) in [5.74, 6) is -0.441. The van der Waals surface area contributed by atoms with Gasteiger partial charge in [-0.25, -0.2) is 0 Å². The lowest BCUT2D eigenvalue weighted by molar-refractivity contribution is -0.137. The average molecular weight is 336 g/mol. The molecule has 2 aromatic rings. The van der Waals surface area contributed by atoms with Crippen molar-refractivity contribution in [2.24, 2.45) is 5.73 Å². The van der Waals surface area contributed by atoms with Crippen molar-refractivity contribution >= 4 is 5.91 Å². The molecule has 3 N–H and O–H groups in total. The van der Waals surface area contributed by atoms with E-state index in [-0.39, 0.29) is 0 Å². The molecule has 0 aliphatic heterocycles. The maximum Gasteiger partial charge on any atom is 0.416 e. The van der Waals surface area contributed by atoms with E-state index < -0.39 is 29.7 Å². The number of carbonyl (C=O) groups is 1. The van der Waals surface area contributed by atoms with Crippen molar-refractivity contribution in [3.8, 4) is 0 Å². The van der Waals surface area contributed by atoms with E-state index in [1.807, 2.05) is 19.1 Å². The Morgan fingerprint density at radius 1 is 1.08 bits per heavy atom. The summed E-state index contributed by atoms with van der Waals surface area (Å²) in [4.78, 5) is 12.2. The van der Waals surface area contributed by atoms with Gasteiger partial charge in [0.1, 0.15) is 6.04 Å². The molecule has 0 aliphatic carbocycles. The smallest absolute Gasteiger partial charge is 0.348 e. The number of nitrogens with two attached hydrogens (primary N) is 1. The molecule has 0 radical (unpaired) electrons. The molecule has 0 saturated carbocycles. The van der Waals surface area contributed by atoms with E-state index in [1.165, 1.54) is 12.1 Å². The second kappa shape index (κ2) is 7.05. The predicted molar refractivity (Wildman–Crippen MR) is 86.1 cm³/mol. The molecule has 0 spiro atoms. The highest BCUT2D eigenvalue weighted by atomic mass is 19.4. The zero-order valence-corrected chi connectivity index (χ0v) is 13.4. The number of carbonyl (C=O) groups excluding carboxylic acids is 1. The molecule has 2 aromatic carbocycles. The van der Waals surface area contributed by atoms with Gasteiger partial charge in [-0.3, -0.25) is 4.79 Å². The molecule has 0 aliphatic rings. The molecule has 3 nitrogen and oxygen atoms in total. The van der Waals surface area contributed by atoms with E-state index in [0.717, 1.165) is 17.7 Å². The molecule has 2 rings (SSSR count). The van der Waals surface area contributed by atoms with Gasteiger partial charge in [0.2, 0.25) is 5.91 Å². The van der Waals surface area contributed by atoms with Crippen LogP contribution in [-0.2, 0) is 11.0 Å². The minimum Gasteiger partial charge on any atom is -0.348 e. The lowest BCUT2D eigenvalue weighted by atomic mass is 10.0. The third-order valence-corrected chi connectivity index (χ3v) is 3.79. The van der Waals surface area contributed by atoms with E-state index in [1.54, 1.807) is 19.1 Å². The third-order valence-electron chi connectivity index (χ3n) is 3.79. The van der Waals surface area contributed by atoms with Crippen LogP contribution >= 0.6 is 0 Å². The van der Waals surface area contributed by atoms with Gasteiger partial charge in [-0.1, -0.05) is 42.0 Å². The monoisotopic (exact) mass is 336 g/mol. The van der Waals surface area contributed by atoms with E-state index in [0.29, 0.717) is 11.1 Å². The number of nitrogens with one attached hydrogen (secondary N) is 1. The molecule has 0 heterocycles. The summed E-state index contributed by atoms with van der Waals surface area (Å²) in [5.41, 5.74) is 7.24. The molecule has 2 unspecified atom stereocenters. The number of alkyl halides is 3. The summed E-state index contributed by atoms with van der Waals surface area (Å²) in [6, 6.07) is 10.6. The zero-order valence-electron chi connectivity index (χ0n) is 13.4. The first kappa shape index (κ1) is 18.0. The maximum atomic E-state index is 12.8. The molecule has 0 fully saturated rings. The van der Waals surface area contributed by atoms with Gasteiger partial charge in [0.15, 0.2) is 0 Å². The number of hydrogen-bond donors (Lipinski definition) is 2. The molecule has 2 atom stereocenters. The van der Waals surface area contributed by atoms with Gasteiger partial charge < -0.3 is 11.1 Å². The van der Waals surface area contributed by atoms with E-state index >= 15 is 0 Å². The fraction of sp³-hybridized carbons (Fsp3) is 0.278. The Morgan fingerprint density at radius 2 is 1.71 bits per heavy atom. The van der Waals surface area contributed by atoms with Crippen molar-refractivity contribution in [2.75, 3.05) is 0 Å². The van der Waals surface area contributed by atoms with Crippen LogP contribution in [0.15, 0.2) is 48.5 Å². The van der Waals surface area contributed by atoms with Gasteiger partial charge in [0.25, 0.3) is 0 Å². The summed E-state index contributed by atoms with van der Waals surface area (Å²) >= 11 is 0. The van der Waals surface area contributed by atoms with E-state index in [4.69, 9.17) is 5.73 Å². The average Bonchev–Trinajstić information content (AvgIpc) is 2.54. The van der Waals surface area contributed by atoms with Crippen LogP contribution in [0.1, 0.15) is 41.3 Å². The quantitative estimate of drug-likeness (QED) is 0.890. The Hall–Kier alpha value is -2.34. The van der Waals surface area contributed by atoms with Crippen molar-refractivity contribution in [3.63, 3.8) is 0 Å². The largest absolute Gasteiger partial charge is 0.416 e. The van der Waals surface area contributed by atoms with Crippen molar-refractivity contribution in [1.29, 1.82) is 0 Å². The number of benzene rings is 2. The van der Waals surface area contributed by atoms with Crippen LogP contribution < -0.4 is 11.1 Å². The minimum atomic E-state index is -4.42. The fourth-order valence-corrected chi connectivity index (χ4v) is 2.30. The first-order valence-electron chi connectivity index (χ1n) is 7.48. The van der Waals surface area contributed by atoms with Gasteiger partial charge in [0.05, 0.1) is 11.6 Å². The number of amides is 1. The highest BCUT2D eigenvalue weighted by Crippen LogP contribution is 2.30. The molecule has 0 saturated heterocycles. The van der Waals surface area contributed by atoms with E-state index in [2.05, 4.69) is 5.32 Å². The molecule has 0 aromatic heterocycles. The second-order valence-corrected chi connectivity index (χ2v) is 5.74. The van der Waals surface area contributed by atoms with Gasteiger partial charge in [-0.2, -0.15) is 13.2 Å². The number of hydrogen-bond acceptors (Lipinski definition) is 2. The summed E-state index contributed by atoms with van der Waals surface area (Å²) in [7, 11) is 0. The van der Waals surface area contributed by atoms with Gasteiger partial charge in [-0.05, 0) is 37.1 Å². The Labute approximate surface area is 138 Å². The van der Waals surface area contributed by atoms with Crippen LogP contribution in [0.4, 0.5) is 13.2 Å². The lowest BCUT2D eigenvalue weighted by Crippen LogP contribution is -2.35. The van der Waals surface area contributed by atoms with Crippen LogP contribution in [0.3, 0.4) is 0 Å². The third kappa shape index (κ3) is 4.35. The zero-order chi connectivity index (χ0) is 17.9. The van der Waals surface area contributed by atoms with Gasteiger partial charge >= 0.3 is 6.18 Å². The Morgan fingerprint density at radius 3 is 2.29 bits per heavy atom. The maximum absolute atomic E-state index is 12.8. The van der Waals surface area contributed by atoms with Crippen LogP contribution in [-0.4, -0.2) is 5.91 Å². The summed E-state index contributed by atoms with van der Waals surface area (Å²) in [6.07, 6.45) is -4.42. The van der Waals surface area contributed by atoms with E-state index in [9.17, 15) is 18.0 Å². The SMILES string of the molecule is Cc1ccc(C(N)C(=O)NC(C)c2cccc(C(F)(F)F)c2)cc1. The van der Waals surface area contributed by atoms with Crippen LogP contribution in [0.25, 0.3) is 0 Å². The number of aryl methyl sites for hydroxylation is 1. The number of rotatable bonds is 4. The fourth-order valence-electron chi connectivity index (χ4n) is 2.30. The first-order chi connectivity index (χ1) is 11.2. The first-order valence-corrected chi connectivity index (χ1v) is 7.48. The molecule has 24 heavy (non-hydrogen) atoms. The lowest BCUT2D eigenvalue weighted by Gasteiger charge is -2.19. The topological polar surface area (TPSA) is 55.1 Å². The van der Waals surface area contributed by atoms with Crippen molar-refractivity contribution in [1.82, 2.24) is 5.32 Å². The number of halogens is 3. The van der Waals surface area contributed by atoms with Crippen molar-refractivity contribution < 1.29 is 18.0 Å².